The number of allylic oxidation sites excluding steroid dienone is 1. The van der Waals surface area contributed by atoms with Crippen LogP contribution >= 0.6 is 0 Å². The topological polar surface area (TPSA) is 69.7 Å². The maximum Gasteiger partial charge on any atom is 0.416 e. The Bertz CT molecular complexity index is 1430. The molecular formula is C28H29F4N7O. The maximum atomic E-state index is 14.5. The molecule has 0 aliphatic carbocycles. The van der Waals surface area contributed by atoms with Crippen LogP contribution in [0.3, 0.4) is 0 Å². The van der Waals surface area contributed by atoms with E-state index in [4.69, 9.17) is 9.72 Å². The van der Waals surface area contributed by atoms with Gasteiger partial charge in [-0.05, 0) is 36.4 Å². The standard InChI is InChI=1S/C28H29F4N7O/c1-37(2)21-14-18(28(30,31)32)13-20(15-21)34-19-7-8-25(38(3)17-19)23-5-4-6-24(35-23)26-33-16-22(29)27(36-26)39-9-11-40-12-10-39/h4-8,13-17,25,34H,9-12H2,1-3H3. The first-order valence-electron chi connectivity index (χ1n) is 12.7. The van der Waals surface area contributed by atoms with Crippen molar-refractivity contribution in [1.29, 1.82) is 0 Å². The zero-order chi connectivity index (χ0) is 28.4. The van der Waals surface area contributed by atoms with Crippen molar-refractivity contribution in [3.05, 3.63) is 83.7 Å². The molecule has 2 aliphatic heterocycles. The number of halogens is 4. The summed E-state index contributed by atoms with van der Waals surface area (Å²) in [5.74, 6) is 0.0348. The average Bonchev–Trinajstić information content (AvgIpc) is 2.93. The predicted octanol–water partition coefficient (Wildman–Crippen LogP) is 5.10. The number of aromatic nitrogens is 3. The summed E-state index contributed by atoms with van der Waals surface area (Å²) < 4.78 is 60.2. The second-order valence-electron chi connectivity index (χ2n) is 9.75. The van der Waals surface area contributed by atoms with Gasteiger partial charge in [0, 0.05) is 51.8 Å². The fourth-order valence-corrected chi connectivity index (χ4v) is 4.55. The number of rotatable bonds is 6. The molecule has 1 atom stereocenters. The van der Waals surface area contributed by atoms with Crippen LogP contribution in [0.5, 0.6) is 0 Å². The van der Waals surface area contributed by atoms with E-state index in [0.717, 1.165) is 18.3 Å². The monoisotopic (exact) mass is 555 g/mol. The van der Waals surface area contributed by atoms with Gasteiger partial charge in [-0.25, -0.2) is 19.3 Å². The van der Waals surface area contributed by atoms with Crippen LogP contribution in [0.2, 0.25) is 0 Å². The highest BCUT2D eigenvalue weighted by atomic mass is 19.4. The third-order valence-electron chi connectivity index (χ3n) is 6.63. The lowest BCUT2D eigenvalue weighted by molar-refractivity contribution is -0.137. The fraction of sp³-hybridized carbons (Fsp3) is 0.321. The van der Waals surface area contributed by atoms with Gasteiger partial charge >= 0.3 is 6.18 Å². The molecule has 210 valence electrons. The highest BCUT2D eigenvalue weighted by molar-refractivity contribution is 5.63. The Morgan fingerprint density at radius 3 is 2.55 bits per heavy atom. The van der Waals surface area contributed by atoms with E-state index in [-0.39, 0.29) is 11.9 Å². The van der Waals surface area contributed by atoms with E-state index in [1.54, 1.807) is 43.4 Å². The van der Waals surface area contributed by atoms with Gasteiger partial charge in [-0.3, -0.25) is 0 Å². The third kappa shape index (κ3) is 6.01. The summed E-state index contributed by atoms with van der Waals surface area (Å²) >= 11 is 0. The number of hydrogen-bond donors (Lipinski definition) is 1. The molecule has 0 spiro atoms. The van der Waals surface area contributed by atoms with Crippen LogP contribution in [-0.4, -0.2) is 67.3 Å². The summed E-state index contributed by atoms with van der Waals surface area (Å²) in [4.78, 5) is 18.7. The number of hydrogen-bond acceptors (Lipinski definition) is 8. The van der Waals surface area contributed by atoms with Gasteiger partial charge in [0.2, 0.25) is 0 Å². The molecule has 0 amide bonds. The van der Waals surface area contributed by atoms with Crippen LogP contribution in [0.4, 0.5) is 34.8 Å². The summed E-state index contributed by atoms with van der Waals surface area (Å²) in [6, 6.07) is 9.09. The van der Waals surface area contributed by atoms with E-state index in [1.807, 2.05) is 35.1 Å². The van der Waals surface area contributed by atoms with E-state index < -0.39 is 17.6 Å². The van der Waals surface area contributed by atoms with E-state index in [2.05, 4.69) is 15.3 Å². The number of benzene rings is 1. The first-order chi connectivity index (χ1) is 19.1. The molecule has 0 saturated carbocycles. The smallest absolute Gasteiger partial charge is 0.378 e. The first kappa shape index (κ1) is 27.4. The molecule has 1 unspecified atom stereocenters. The van der Waals surface area contributed by atoms with Crippen molar-refractivity contribution in [2.24, 2.45) is 0 Å². The van der Waals surface area contributed by atoms with Crippen molar-refractivity contribution in [1.82, 2.24) is 19.9 Å². The van der Waals surface area contributed by atoms with Crippen molar-refractivity contribution >= 4 is 17.2 Å². The van der Waals surface area contributed by atoms with Crippen LogP contribution < -0.4 is 15.1 Å². The first-order valence-corrected chi connectivity index (χ1v) is 12.7. The van der Waals surface area contributed by atoms with Crippen molar-refractivity contribution < 1.29 is 22.3 Å². The number of nitrogens with zero attached hydrogens (tertiary/aromatic N) is 6. The molecule has 2 aliphatic rings. The molecule has 1 aromatic carbocycles. The molecule has 3 aromatic rings. The summed E-state index contributed by atoms with van der Waals surface area (Å²) in [5.41, 5.74) is 1.86. The van der Waals surface area contributed by atoms with Crippen molar-refractivity contribution in [3.8, 4) is 11.5 Å². The summed E-state index contributed by atoms with van der Waals surface area (Å²) in [7, 11) is 5.24. The number of pyridine rings is 1. The van der Waals surface area contributed by atoms with Gasteiger partial charge < -0.3 is 24.8 Å². The van der Waals surface area contributed by atoms with Gasteiger partial charge in [-0.15, -0.1) is 0 Å². The zero-order valence-electron chi connectivity index (χ0n) is 22.3. The van der Waals surface area contributed by atoms with E-state index in [9.17, 15) is 17.6 Å². The molecule has 4 heterocycles. The van der Waals surface area contributed by atoms with Gasteiger partial charge in [-0.1, -0.05) is 12.1 Å². The van der Waals surface area contributed by atoms with Crippen molar-refractivity contribution in [3.63, 3.8) is 0 Å². The quantitative estimate of drug-likeness (QED) is 0.422. The van der Waals surface area contributed by atoms with E-state index in [1.165, 1.54) is 0 Å². The van der Waals surface area contributed by atoms with Gasteiger partial charge in [0.15, 0.2) is 17.5 Å². The van der Waals surface area contributed by atoms with Crippen LogP contribution in [0.15, 0.2) is 66.6 Å². The molecule has 0 radical (unpaired) electrons. The number of alkyl halides is 3. The normalized spacial score (nSPS) is 17.6. The van der Waals surface area contributed by atoms with Crippen LogP contribution in [0, 0.1) is 5.82 Å². The Hall–Kier alpha value is -4.19. The van der Waals surface area contributed by atoms with Gasteiger partial charge in [0.25, 0.3) is 0 Å². The van der Waals surface area contributed by atoms with E-state index >= 15 is 0 Å². The number of anilines is 3. The van der Waals surface area contributed by atoms with Crippen LogP contribution in [-0.2, 0) is 10.9 Å². The molecule has 1 saturated heterocycles. The minimum Gasteiger partial charge on any atom is -0.378 e. The molecular weight excluding hydrogens is 526 g/mol. The highest BCUT2D eigenvalue weighted by Gasteiger charge is 2.31. The molecule has 2 aromatic heterocycles. The highest BCUT2D eigenvalue weighted by Crippen LogP contribution is 2.35. The van der Waals surface area contributed by atoms with Gasteiger partial charge in [0.1, 0.15) is 5.69 Å². The minimum absolute atomic E-state index is 0.223. The molecule has 8 nitrogen and oxygen atoms in total. The lowest BCUT2D eigenvalue weighted by Crippen LogP contribution is -2.37. The molecule has 12 heteroatoms. The largest absolute Gasteiger partial charge is 0.416 e. The van der Waals surface area contributed by atoms with Gasteiger partial charge in [0.05, 0.1) is 42.4 Å². The number of likely N-dealkylation sites (N-methyl/N-ethyl adjacent to an activating group) is 1. The molecule has 0 bridgehead atoms. The number of ether oxygens (including phenoxy) is 1. The fourth-order valence-electron chi connectivity index (χ4n) is 4.55. The molecule has 40 heavy (non-hydrogen) atoms. The van der Waals surface area contributed by atoms with Crippen LogP contribution in [0.1, 0.15) is 17.3 Å². The second kappa shape index (κ2) is 11.1. The Morgan fingerprint density at radius 2 is 1.85 bits per heavy atom. The van der Waals surface area contributed by atoms with Crippen molar-refractivity contribution in [2.75, 3.05) is 62.6 Å². The lowest BCUT2D eigenvalue weighted by Gasteiger charge is -2.29. The third-order valence-corrected chi connectivity index (χ3v) is 6.63. The number of morpholine rings is 1. The Kier molecular flexibility index (Phi) is 7.61. The lowest BCUT2D eigenvalue weighted by atomic mass is 10.1. The molecule has 1 N–H and O–H groups in total. The Balaban J connectivity index is 1.35. The predicted molar refractivity (Wildman–Crippen MR) is 145 cm³/mol. The maximum absolute atomic E-state index is 14.5. The Labute approximate surface area is 229 Å². The molecule has 5 rings (SSSR count). The number of nitrogens with one attached hydrogen (secondary N) is 1. The van der Waals surface area contributed by atoms with E-state index in [0.29, 0.717) is 60.6 Å². The van der Waals surface area contributed by atoms with Crippen LogP contribution in [0.25, 0.3) is 11.5 Å². The molecule has 1 fully saturated rings. The summed E-state index contributed by atoms with van der Waals surface area (Å²) in [6.45, 7) is 2.08. The second-order valence-corrected chi connectivity index (χ2v) is 9.75. The minimum atomic E-state index is -4.46. The summed E-state index contributed by atoms with van der Waals surface area (Å²) in [6.07, 6.45) is 2.21. The van der Waals surface area contributed by atoms with Crippen molar-refractivity contribution in [2.45, 2.75) is 12.2 Å². The zero-order valence-corrected chi connectivity index (χ0v) is 22.3. The van der Waals surface area contributed by atoms with Gasteiger partial charge in [-0.2, -0.15) is 13.2 Å². The average molecular weight is 556 g/mol. The Morgan fingerprint density at radius 1 is 1.07 bits per heavy atom. The summed E-state index contributed by atoms with van der Waals surface area (Å²) in [5, 5.41) is 3.09. The SMILES string of the molecule is CN(C)c1cc(NC2=CN(C)C(c3cccc(-c4ncc(F)c(N5CCOCC5)n4)n3)C=C2)cc(C(F)(F)F)c1.